The number of nitrogens with zero attached hydrogens (tertiary/aromatic N) is 3. The number of aromatic nitrogens is 2. The Morgan fingerprint density at radius 1 is 1.37 bits per heavy atom. The van der Waals surface area contributed by atoms with E-state index in [4.69, 9.17) is 0 Å². The van der Waals surface area contributed by atoms with Gasteiger partial charge in [-0.1, -0.05) is 6.07 Å². The van der Waals surface area contributed by atoms with Crippen molar-refractivity contribution in [2.24, 2.45) is 7.05 Å². The average molecular weight is 370 g/mol. The smallest absolute Gasteiger partial charge is 0.232 e. The number of fused-ring (bicyclic) bond motifs is 1. The molecule has 2 aliphatic rings. The fourth-order valence-electron chi connectivity index (χ4n) is 3.82. The largest absolute Gasteiger partial charge is 0.335 e. The van der Waals surface area contributed by atoms with Crippen molar-refractivity contribution in [2.75, 3.05) is 5.32 Å². The molecule has 4 rings (SSSR count). The SMILES string of the molecule is Cc1nn(C)c(C)c1CN(C(=O)C[C@H]1C(=O)Nc2cc(F)ccc21)C1CC1. The summed E-state index contributed by atoms with van der Waals surface area (Å²) in [5.41, 5.74) is 4.20. The number of anilines is 1. The minimum absolute atomic E-state index is 0.0440. The standard InChI is InChI=1S/C20H23FN4O2/c1-11-17(12(2)24(3)23-11)10-25(14-5-6-14)19(26)9-16-15-7-4-13(21)8-18(15)22-20(16)27/h4,7-8,14,16H,5-6,9-10H2,1-3H3,(H,22,27)/t16-/m1/s1. The molecule has 0 spiro atoms. The summed E-state index contributed by atoms with van der Waals surface area (Å²) in [5.74, 6) is -1.25. The van der Waals surface area contributed by atoms with Gasteiger partial charge < -0.3 is 10.2 Å². The van der Waals surface area contributed by atoms with Crippen molar-refractivity contribution in [3.63, 3.8) is 0 Å². The number of amides is 2. The molecule has 1 N–H and O–H groups in total. The third-order valence-corrected chi connectivity index (χ3v) is 5.64. The van der Waals surface area contributed by atoms with Crippen LogP contribution in [0.25, 0.3) is 0 Å². The Balaban J connectivity index is 1.55. The third kappa shape index (κ3) is 3.22. The zero-order valence-corrected chi connectivity index (χ0v) is 15.8. The number of aryl methyl sites for hydroxylation is 2. The predicted molar refractivity (Wildman–Crippen MR) is 98.6 cm³/mol. The highest BCUT2D eigenvalue weighted by molar-refractivity contribution is 6.04. The monoisotopic (exact) mass is 370 g/mol. The molecule has 1 aromatic carbocycles. The van der Waals surface area contributed by atoms with E-state index in [1.807, 2.05) is 30.5 Å². The maximum atomic E-state index is 13.4. The first kappa shape index (κ1) is 17.7. The van der Waals surface area contributed by atoms with E-state index in [0.29, 0.717) is 17.8 Å². The first-order valence-corrected chi connectivity index (χ1v) is 9.24. The molecule has 2 amide bonds. The Labute approximate surface area is 157 Å². The molecule has 2 aromatic rings. The molecule has 1 aliphatic heterocycles. The number of rotatable bonds is 5. The lowest BCUT2D eigenvalue weighted by Gasteiger charge is -2.24. The van der Waals surface area contributed by atoms with Crippen molar-refractivity contribution in [3.8, 4) is 0 Å². The molecular formula is C20H23FN4O2. The molecule has 0 bridgehead atoms. The van der Waals surface area contributed by atoms with Gasteiger partial charge in [0.05, 0.1) is 11.6 Å². The molecule has 27 heavy (non-hydrogen) atoms. The molecule has 1 saturated carbocycles. The minimum atomic E-state index is -0.564. The minimum Gasteiger partial charge on any atom is -0.335 e. The van der Waals surface area contributed by atoms with Gasteiger partial charge in [0.1, 0.15) is 5.82 Å². The number of halogens is 1. The second kappa shape index (κ2) is 6.48. The van der Waals surface area contributed by atoms with Crippen molar-refractivity contribution in [1.29, 1.82) is 0 Å². The van der Waals surface area contributed by atoms with Gasteiger partial charge in [0.25, 0.3) is 0 Å². The van der Waals surface area contributed by atoms with E-state index < -0.39 is 11.7 Å². The quantitative estimate of drug-likeness (QED) is 0.880. The number of carbonyl (C=O) groups excluding carboxylic acids is 2. The molecule has 0 unspecified atom stereocenters. The van der Waals surface area contributed by atoms with Gasteiger partial charge in [0.15, 0.2) is 0 Å². The van der Waals surface area contributed by atoms with E-state index in [9.17, 15) is 14.0 Å². The van der Waals surface area contributed by atoms with Gasteiger partial charge in [-0.25, -0.2) is 4.39 Å². The maximum Gasteiger partial charge on any atom is 0.232 e. The Hall–Kier alpha value is -2.70. The first-order valence-electron chi connectivity index (χ1n) is 9.24. The summed E-state index contributed by atoms with van der Waals surface area (Å²) in [6.07, 6.45) is 2.07. The molecule has 7 heteroatoms. The van der Waals surface area contributed by atoms with Crippen molar-refractivity contribution in [3.05, 3.63) is 46.5 Å². The lowest BCUT2D eigenvalue weighted by Crippen LogP contribution is -2.34. The summed E-state index contributed by atoms with van der Waals surface area (Å²) in [4.78, 5) is 27.3. The number of hydrogen-bond donors (Lipinski definition) is 1. The molecule has 0 saturated heterocycles. The summed E-state index contributed by atoms with van der Waals surface area (Å²) in [6.45, 7) is 4.47. The van der Waals surface area contributed by atoms with Gasteiger partial charge in [0.2, 0.25) is 11.8 Å². The Morgan fingerprint density at radius 2 is 2.11 bits per heavy atom. The fraction of sp³-hybridized carbons (Fsp3) is 0.450. The number of nitrogens with one attached hydrogen (secondary N) is 1. The molecular weight excluding hydrogens is 347 g/mol. The van der Waals surface area contributed by atoms with Crippen molar-refractivity contribution in [2.45, 2.75) is 51.6 Å². The fourth-order valence-corrected chi connectivity index (χ4v) is 3.82. The van der Waals surface area contributed by atoms with Crippen LogP contribution in [0.15, 0.2) is 18.2 Å². The second-order valence-electron chi connectivity index (χ2n) is 7.50. The van der Waals surface area contributed by atoms with E-state index in [0.717, 1.165) is 29.8 Å². The normalized spacial score (nSPS) is 18.4. The molecule has 6 nitrogen and oxygen atoms in total. The number of carbonyl (C=O) groups is 2. The highest BCUT2D eigenvalue weighted by atomic mass is 19.1. The molecule has 1 fully saturated rings. The van der Waals surface area contributed by atoms with Crippen LogP contribution < -0.4 is 5.32 Å². The van der Waals surface area contributed by atoms with Gasteiger partial charge in [-0.15, -0.1) is 0 Å². The van der Waals surface area contributed by atoms with Crippen LogP contribution in [0.2, 0.25) is 0 Å². The lowest BCUT2D eigenvalue weighted by molar-refractivity contribution is -0.134. The lowest BCUT2D eigenvalue weighted by atomic mass is 9.96. The van der Waals surface area contributed by atoms with Crippen LogP contribution in [-0.2, 0) is 23.2 Å². The van der Waals surface area contributed by atoms with Crippen LogP contribution in [0.3, 0.4) is 0 Å². The predicted octanol–water partition coefficient (Wildman–Crippen LogP) is 2.79. The summed E-state index contributed by atoms with van der Waals surface area (Å²) in [6, 6.07) is 4.46. The van der Waals surface area contributed by atoms with E-state index in [-0.39, 0.29) is 24.3 Å². The zero-order chi connectivity index (χ0) is 19.3. The Kier molecular flexibility index (Phi) is 4.25. The van der Waals surface area contributed by atoms with E-state index in [2.05, 4.69) is 10.4 Å². The Bertz CT molecular complexity index is 932. The summed E-state index contributed by atoms with van der Waals surface area (Å²) >= 11 is 0. The number of hydrogen-bond acceptors (Lipinski definition) is 3. The van der Waals surface area contributed by atoms with E-state index in [1.165, 1.54) is 12.1 Å². The van der Waals surface area contributed by atoms with E-state index in [1.54, 1.807) is 6.07 Å². The topological polar surface area (TPSA) is 67.2 Å². The van der Waals surface area contributed by atoms with E-state index >= 15 is 0 Å². The molecule has 0 radical (unpaired) electrons. The highest BCUT2D eigenvalue weighted by Gasteiger charge is 2.38. The van der Waals surface area contributed by atoms with Crippen LogP contribution in [-0.4, -0.2) is 32.5 Å². The number of benzene rings is 1. The average Bonchev–Trinajstić information content (AvgIpc) is 3.35. The summed E-state index contributed by atoms with van der Waals surface area (Å²) < 4.78 is 15.2. The molecule has 1 atom stereocenters. The van der Waals surface area contributed by atoms with Gasteiger partial charge in [0, 0.05) is 43.0 Å². The van der Waals surface area contributed by atoms with Gasteiger partial charge in [-0.3, -0.25) is 14.3 Å². The van der Waals surface area contributed by atoms with Crippen LogP contribution in [0.1, 0.15) is 47.7 Å². The van der Waals surface area contributed by atoms with Gasteiger partial charge >= 0.3 is 0 Å². The third-order valence-electron chi connectivity index (χ3n) is 5.64. The second-order valence-corrected chi connectivity index (χ2v) is 7.50. The zero-order valence-electron chi connectivity index (χ0n) is 15.8. The first-order chi connectivity index (χ1) is 12.8. The summed E-state index contributed by atoms with van der Waals surface area (Å²) in [5, 5.41) is 7.12. The Morgan fingerprint density at radius 3 is 2.74 bits per heavy atom. The van der Waals surface area contributed by atoms with Gasteiger partial charge in [-0.2, -0.15) is 5.10 Å². The van der Waals surface area contributed by atoms with Crippen LogP contribution in [0.5, 0.6) is 0 Å². The van der Waals surface area contributed by atoms with Crippen LogP contribution in [0, 0.1) is 19.7 Å². The summed E-state index contributed by atoms with van der Waals surface area (Å²) in [7, 11) is 1.90. The maximum absolute atomic E-state index is 13.4. The van der Waals surface area contributed by atoms with Crippen molar-refractivity contribution >= 4 is 17.5 Å². The van der Waals surface area contributed by atoms with Crippen molar-refractivity contribution in [1.82, 2.24) is 14.7 Å². The molecule has 142 valence electrons. The van der Waals surface area contributed by atoms with Crippen LogP contribution >= 0.6 is 0 Å². The highest BCUT2D eigenvalue weighted by Crippen LogP contribution is 2.37. The van der Waals surface area contributed by atoms with Crippen molar-refractivity contribution < 1.29 is 14.0 Å². The molecule has 1 aromatic heterocycles. The van der Waals surface area contributed by atoms with Gasteiger partial charge in [-0.05, 0) is 44.4 Å². The van der Waals surface area contributed by atoms with Crippen LogP contribution in [0.4, 0.5) is 10.1 Å². The molecule has 1 aliphatic carbocycles. The molecule has 2 heterocycles.